The average molecular weight is 282 g/mol. The highest BCUT2D eigenvalue weighted by Crippen LogP contribution is 2.44. The third-order valence-electron chi connectivity index (χ3n) is 4.48. The van der Waals surface area contributed by atoms with E-state index in [0.717, 1.165) is 25.7 Å². The zero-order valence-electron chi connectivity index (χ0n) is 12.5. The fourth-order valence-electron chi connectivity index (χ4n) is 3.32. The minimum atomic E-state index is -0.400. The third-order valence-corrected chi connectivity index (χ3v) is 4.48. The highest BCUT2D eigenvalue weighted by atomic mass is 16.7. The lowest BCUT2D eigenvalue weighted by Gasteiger charge is -2.16. The molecule has 0 spiro atoms. The third kappa shape index (κ3) is 3.68. The van der Waals surface area contributed by atoms with Crippen LogP contribution in [0.5, 0.6) is 0 Å². The van der Waals surface area contributed by atoms with Crippen LogP contribution in [0.1, 0.15) is 45.4 Å². The Bertz CT molecular complexity index is 352. The molecule has 114 valence electrons. The molecule has 1 saturated carbocycles. The van der Waals surface area contributed by atoms with Crippen LogP contribution in [-0.4, -0.2) is 36.5 Å². The second kappa shape index (κ2) is 7.34. The number of aliphatic hydroxyl groups excluding tert-OH is 1. The molecule has 2 fully saturated rings. The molecule has 1 heterocycles. The number of hydrogen-bond acceptors (Lipinski definition) is 4. The summed E-state index contributed by atoms with van der Waals surface area (Å²) in [6.45, 7) is 2.13. The van der Waals surface area contributed by atoms with E-state index in [4.69, 9.17) is 9.47 Å². The summed E-state index contributed by atoms with van der Waals surface area (Å²) >= 11 is 0. The Morgan fingerprint density at radius 2 is 2.20 bits per heavy atom. The van der Waals surface area contributed by atoms with Crippen molar-refractivity contribution < 1.29 is 19.4 Å². The van der Waals surface area contributed by atoms with Crippen LogP contribution in [0, 0.1) is 11.8 Å². The van der Waals surface area contributed by atoms with Crippen molar-refractivity contribution in [3.63, 3.8) is 0 Å². The lowest BCUT2D eigenvalue weighted by atomic mass is 9.91. The largest absolute Gasteiger partial charge is 0.392 e. The van der Waals surface area contributed by atoms with Gasteiger partial charge in [-0.05, 0) is 18.4 Å². The summed E-state index contributed by atoms with van der Waals surface area (Å²) in [4.78, 5) is 11.8. The molecule has 0 aromatic rings. The van der Waals surface area contributed by atoms with Gasteiger partial charge in [0.15, 0.2) is 12.1 Å². The van der Waals surface area contributed by atoms with Gasteiger partial charge < -0.3 is 14.6 Å². The molecule has 1 N–H and O–H groups in total. The van der Waals surface area contributed by atoms with Crippen LogP contribution in [0.3, 0.4) is 0 Å². The summed E-state index contributed by atoms with van der Waals surface area (Å²) < 4.78 is 10.9. The van der Waals surface area contributed by atoms with E-state index >= 15 is 0 Å². The standard InChI is InChI=1S/C16H26O4/c1-3-4-5-6-11(17)7-8-12-13-9-16(19-2)20-15(13)10-14(12)18/h7-8,12-16,18H,3-6,9-10H2,1-2H3/b8-7+/t12?,13-,14+,15+,16+/m1/s1. The quantitative estimate of drug-likeness (QED) is 0.575. The Labute approximate surface area is 121 Å². The number of carbonyl (C=O) groups excluding carboxylic acids is 1. The highest BCUT2D eigenvalue weighted by molar-refractivity contribution is 5.89. The Morgan fingerprint density at radius 1 is 1.40 bits per heavy atom. The fourth-order valence-corrected chi connectivity index (χ4v) is 3.32. The van der Waals surface area contributed by atoms with E-state index in [1.54, 1.807) is 13.2 Å². The first-order valence-electron chi connectivity index (χ1n) is 7.73. The minimum absolute atomic E-state index is 0.0234. The zero-order valence-corrected chi connectivity index (χ0v) is 12.5. The van der Waals surface area contributed by atoms with Crippen molar-refractivity contribution in [2.75, 3.05) is 7.11 Å². The van der Waals surface area contributed by atoms with Gasteiger partial charge >= 0.3 is 0 Å². The lowest BCUT2D eigenvalue weighted by molar-refractivity contribution is -0.118. The second-order valence-electron chi connectivity index (χ2n) is 5.90. The summed E-state index contributed by atoms with van der Waals surface area (Å²) in [5.41, 5.74) is 0. The van der Waals surface area contributed by atoms with Gasteiger partial charge in [0, 0.05) is 32.3 Å². The van der Waals surface area contributed by atoms with E-state index in [2.05, 4.69) is 6.92 Å². The summed E-state index contributed by atoms with van der Waals surface area (Å²) in [6.07, 6.45) is 8.29. The number of hydrogen-bond donors (Lipinski definition) is 1. The van der Waals surface area contributed by atoms with Crippen LogP contribution in [0.25, 0.3) is 0 Å². The van der Waals surface area contributed by atoms with Gasteiger partial charge in [-0.25, -0.2) is 0 Å². The molecule has 0 aromatic heterocycles. The number of ketones is 1. The van der Waals surface area contributed by atoms with Crippen LogP contribution in [0.15, 0.2) is 12.2 Å². The maximum Gasteiger partial charge on any atom is 0.157 e. The molecule has 0 radical (unpaired) electrons. The van der Waals surface area contributed by atoms with E-state index < -0.39 is 6.10 Å². The highest BCUT2D eigenvalue weighted by Gasteiger charge is 2.48. The zero-order chi connectivity index (χ0) is 14.5. The van der Waals surface area contributed by atoms with Crippen molar-refractivity contribution >= 4 is 5.78 Å². The Hall–Kier alpha value is -0.710. The van der Waals surface area contributed by atoms with Crippen molar-refractivity contribution in [1.82, 2.24) is 0 Å². The predicted octanol–water partition coefficient (Wildman–Crippen LogP) is 2.45. The minimum Gasteiger partial charge on any atom is -0.392 e. The van der Waals surface area contributed by atoms with Crippen molar-refractivity contribution in [2.24, 2.45) is 11.8 Å². The maximum atomic E-state index is 11.8. The van der Waals surface area contributed by atoms with Crippen LogP contribution in [0.2, 0.25) is 0 Å². The van der Waals surface area contributed by atoms with Gasteiger partial charge in [-0.15, -0.1) is 0 Å². The number of unbranched alkanes of at least 4 members (excludes halogenated alkanes) is 2. The van der Waals surface area contributed by atoms with Gasteiger partial charge in [0.2, 0.25) is 0 Å². The molecular weight excluding hydrogens is 256 g/mol. The molecule has 0 bridgehead atoms. The Morgan fingerprint density at radius 3 is 2.90 bits per heavy atom. The topological polar surface area (TPSA) is 55.8 Å². The van der Waals surface area contributed by atoms with Crippen LogP contribution in [-0.2, 0) is 14.3 Å². The van der Waals surface area contributed by atoms with Gasteiger partial charge in [0.05, 0.1) is 12.2 Å². The molecule has 0 amide bonds. The smallest absolute Gasteiger partial charge is 0.157 e. The monoisotopic (exact) mass is 282 g/mol. The van der Waals surface area contributed by atoms with Gasteiger partial charge in [-0.3, -0.25) is 4.79 Å². The molecule has 2 rings (SSSR count). The number of fused-ring (bicyclic) bond motifs is 1. The summed E-state index contributed by atoms with van der Waals surface area (Å²) in [6, 6.07) is 0. The molecule has 20 heavy (non-hydrogen) atoms. The predicted molar refractivity (Wildman–Crippen MR) is 76.2 cm³/mol. The van der Waals surface area contributed by atoms with E-state index in [9.17, 15) is 9.90 Å². The molecule has 2 aliphatic rings. The first-order chi connectivity index (χ1) is 9.65. The Kier molecular flexibility index (Phi) is 5.75. The summed E-state index contributed by atoms with van der Waals surface area (Å²) in [7, 11) is 1.64. The van der Waals surface area contributed by atoms with Gasteiger partial charge in [0.1, 0.15) is 0 Å². The fraction of sp³-hybridized carbons (Fsp3) is 0.812. The number of carbonyl (C=O) groups is 1. The van der Waals surface area contributed by atoms with E-state index in [1.165, 1.54) is 0 Å². The number of aliphatic hydroxyl groups is 1. The molecule has 4 nitrogen and oxygen atoms in total. The van der Waals surface area contributed by atoms with E-state index in [-0.39, 0.29) is 30.0 Å². The molecular formula is C16H26O4. The molecule has 1 aliphatic carbocycles. The molecule has 1 aliphatic heterocycles. The van der Waals surface area contributed by atoms with E-state index in [0.29, 0.717) is 12.8 Å². The summed E-state index contributed by atoms with van der Waals surface area (Å²) in [5.74, 6) is 0.459. The number of allylic oxidation sites excluding steroid dienone is 1. The van der Waals surface area contributed by atoms with E-state index in [1.807, 2.05) is 6.08 Å². The molecule has 0 aromatic carbocycles. The van der Waals surface area contributed by atoms with Crippen molar-refractivity contribution in [3.8, 4) is 0 Å². The van der Waals surface area contributed by atoms with Crippen molar-refractivity contribution in [1.29, 1.82) is 0 Å². The van der Waals surface area contributed by atoms with Crippen molar-refractivity contribution in [3.05, 3.63) is 12.2 Å². The Balaban J connectivity index is 1.86. The van der Waals surface area contributed by atoms with Crippen LogP contribution < -0.4 is 0 Å². The normalized spacial score (nSPS) is 36.6. The second-order valence-corrected chi connectivity index (χ2v) is 5.90. The number of ether oxygens (including phenoxy) is 2. The van der Waals surface area contributed by atoms with Gasteiger partial charge in [-0.2, -0.15) is 0 Å². The molecule has 4 heteroatoms. The number of rotatable bonds is 7. The first kappa shape index (κ1) is 15.7. The number of methoxy groups -OCH3 is 1. The van der Waals surface area contributed by atoms with Crippen LogP contribution in [0.4, 0.5) is 0 Å². The molecule has 1 saturated heterocycles. The SMILES string of the molecule is CCCCCC(=O)/C=C/C1[C@H]2C[C@@H](OC)O[C@H]2C[C@@H]1O. The lowest BCUT2D eigenvalue weighted by Crippen LogP contribution is -2.19. The van der Waals surface area contributed by atoms with Crippen LogP contribution >= 0.6 is 0 Å². The van der Waals surface area contributed by atoms with Gasteiger partial charge in [-0.1, -0.05) is 25.8 Å². The molecule has 5 atom stereocenters. The summed E-state index contributed by atoms with van der Waals surface area (Å²) in [5, 5.41) is 10.1. The van der Waals surface area contributed by atoms with Crippen molar-refractivity contribution in [2.45, 2.75) is 63.9 Å². The first-order valence-corrected chi connectivity index (χ1v) is 7.73. The van der Waals surface area contributed by atoms with Gasteiger partial charge in [0.25, 0.3) is 0 Å². The molecule has 1 unspecified atom stereocenters. The maximum absolute atomic E-state index is 11.8. The average Bonchev–Trinajstić information content (AvgIpc) is 2.93.